The highest BCUT2D eigenvalue weighted by Crippen LogP contribution is 2.41. The molecule has 24 heavy (non-hydrogen) atoms. The SMILES string of the molecule is COC(=O)CCC1CN(Cc2ccccc2)c2ccc(OC)cc21. The van der Waals surface area contributed by atoms with Crippen LogP contribution >= 0.6 is 0 Å². The average molecular weight is 325 g/mol. The summed E-state index contributed by atoms with van der Waals surface area (Å²) in [5, 5.41) is 0. The van der Waals surface area contributed by atoms with Crippen LogP contribution < -0.4 is 9.64 Å². The first-order chi connectivity index (χ1) is 11.7. The van der Waals surface area contributed by atoms with Crippen LogP contribution in [0.2, 0.25) is 0 Å². The number of hydrogen-bond donors (Lipinski definition) is 0. The number of nitrogens with zero attached hydrogens (tertiary/aromatic N) is 1. The molecule has 2 aromatic rings. The third kappa shape index (κ3) is 3.53. The van der Waals surface area contributed by atoms with Gasteiger partial charge < -0.3 is 14.4 Å². The van der Waals surface area contributed by atoms with Crippen LogP contribution in [0.15, 0.2) is 48.5 Å². The Hall–Kier alpha value is -2.49. The zero-order chi connectivity index (χ0) is 16.9. The second kappa shape index (κ2) is 7.39. The molecule has 1 atom stereocenters. The van der Waals surface area contributed by atoms with Gasteiger partial charge in [-0.2, -0.15) is 0 Å². The third-order valence-corrected chi connectivity index (χ3v) is 4.60. The number of anilines is 1. The summed E-state index contributed by atoms with van der Waals surface area (Å²) in [6.07, 6.45) is 1.23. The van der Waals surface area contributed by atoms with Gasteiger partial charge in [-0.15, -0.1) is 0 Å². The smallest absolute Gasteiger partial charge is 0.305 e. The monoisotopic (exact) mass is 325 g/mol. The van der Waals surface area contributed by atoms with Crippen LogP contribution in [-0.4, -0.2) is 26.7 Å². The first kappa shape index (κ1) is 16.4. The Kier molecular flexibility index (Phi) is 5.04. The van der Waals surface area contributed by atoms with Crippen molar-refractivity contribution < 1.29 is 14.3 Å². The first-order valence-electron chi connectivity index (χ1n) is 8.25. The Morgan fingerprint density at radius 1 is 1.17 bits per heavy atom. The number of esters is 1. The van der Waals surface area contributed by atoms with E-state index in [9.17, 15) is 4.79 Å². The van der Waals surface area contributed by atoms with Crippen molar-refractivity contribution in [2.75, 3.05) is 25.7 Å². The van der Waals surface area contributed by atoms with Crippen molar-refractivity contribution in [3.05, 3.63) is 59.7 Å². The standard InChI is InChI=1S/C20H23NO3/c1-23-17-9-10-19-18(12-17)16(8-11-20(22)24-2)14-21(19)13-15-6-4-3-5-7-15/h3-7,9-10,12,16H,8,11,13-14H2,1-2H3. The zero-order valence-electron chi connectivity index (χ0n) is 14.2. The van der Waals surface area contributed by atoms with Gasteiger partial charge in [0.25, 0.3) is 0 Å². The van der Waals surface area contributed by atoms with Gasteiger partial charge in [-0.1, -0.05) is 30.3 Å². The maximum atomic E-state index is 11.5. The molecule has 1 unspecified atom stereocenters. The van der Waals surface area contributed by atoms with E-state index in [1.54, 1.807) is 7.11 Å². The van der Waals surface area contributed by atoms with Crippen LogP contribution in [0.25, 0.3) is 0 Å². The minimum Gasteiger partial charge on any atom is -0.497 e. The summed E-state index contributed by atoms with van der Waals surface area (Å²) in [6, 6.07) is 16.7. The quantitative estimate of drug-likeness (QED) is 0.758. The van der Waals surface area contributed by atoms with Crippen molar-refractivity contribution in [2.24, 2.45) is 0 Å². The summed E-state index contributed by atoms with van der Waals surface area (Å²) in [4.78, 5) is 13.9. The van der Waals surface area contributed by atoms with E-state index in [0.29, 0.717) is 12.3 Å². The summed E-state index contributed by atoms with van der Waals surface area (Å²) >= 11 is 0. The molecule has 0 saturated heterocycles. The highest BCUT2D eigenvalue weighted by molar-refractivity contribution is 5.70. The predicted molar refractivity (Wildman–Crippen MR) is 94.5 cm³/mol. The maximum absolute atomic E-state index is 11.5. The molecule has 4 nitrogen and oxygen atoms in total. The van der Waals surface area contributed by atoms with E-state index in [2.05, 4.69) is 41.3 Å². The van der Waals surface area contributed by atoms with E-state index in [1.807, 2.05) is 12.1 Å². The van der Waals surface area contributed by atoms with Crippen LogP contribution in [0.3, 0.4) is 0 Å². The second-order valence-electron chi connectivity index (χ2n) is 6.10. The molecule has 0 spiro atoms. The Labute approximate surface area is 143 Å². The Bertz CT molecular complexity index is 699. The van der Waals surface area contributed by atoms with Crippen LogP contribution in [0.4, 0.5) is 5.69 Å². The number of hydrogen-bond acceptors (Lipinski definition) is 4. The van der Waals surface area contributed by atoms with Gasteiger partial charge >= 0.3 is 5.97 Å². The molecule has 0 bridgehead atoms. The van der Waals surface area contributed by atoms with Crippen molar-refractivity contribution in [1.29, 1.82) is 0 Å². The Morgan fingerprint density at radius 2 is 1.96 bits per heavy atom. The maximum Gasteiger partial charge on any atom is 0.305 e. The van der Waals surface area contributed by atoms with E-state index in [1.165, 1.54) is 23.9 Å². The van der Waals surface area contributed by atoms with Crippen LogP contribution in [0, 0.1) is 0 Å². The molecule has 0 aromatic heterocycles. The van der Waals surface area contributed by atoms with Gasteiger partial charge in [-0.05, 0) is 35.7 Å². The number of benzene rings is 2. The largest absolute Gasteiger partial charge is 0.497 e. The Morgan fingerprint density at radius 3 is 2.67 bits per heavy atom. The van der Waals surface area contributed by atoms with E-state index in [-0.39, 0.29) is 5.97 Å². The summed E-state index contributed by atoms with van der Waals surface area (Å²) in [7, 11) is 3.12. The number of methoxy groups -OCH3 is 2. The topological polar surface area (TPSA) is 38.8 Å². The fraction of sp³-hybridized carbons (Fsp3) is 0.350. The molecule has 1 aliphatic heterocycles. The van der Waals surface area contributed by atoms with Gasteiger partial charge in [-0.25, -0.2) is 0 Å². The van der Waals surface area contributed by atoms with Crippen molar-refractivity contribution >= 4 is 11.7 Å². The van der Waals surface area contributed by atoms with Crippen LogP contribution in [0.5, 0.6) is 5.75 Å². The summed E-state index contributed by atoms with van der Waals surface area (Å²) < 4.78 is 10.2. The van der Waals surface area contributed by atoms with Crippen LogP contribution in [-0.2, 0) is 16.1 Å². The molecule has 1 heterocycles. The van der Waals surface area contributed by atoms with Crippen molar-refractivity contribution in [2.45, 2.75) is 25.3 Å². The number of carbonyl (C=O) groups is 1. The lowest BCUT2D eigenvalue weighted by Gasteiger charge is -2.20. The van der Waals surface area contributed by atoms with Gasteiger partial charge in [0.2, 0.25) is 0 Å². The van der Waals surface area contributed by atoms with Gasteiger partial charge in [0.05, 0.1) is 14.2 Å². The number of fused-ring (bicyclic) bond motifs is 1. The average Bonchev–Trinajstić information content (AvgIpc) is 2.97. The van der Waals surface area contributed by atoms with Crippen molar-refractivity contribution in [1.82, 2.24) is 0 Å². The molecule has 1 aliphatic rings. The van der Waals surface area contributed by atoms with Gasteiger partial charge in [0.15, 0.2) is 0 Å². The molecule has 3 rings (SSSR count). The highest BCUT2D eigenvalue weighted by atomic mass is 16.5. The molecule has 126 valence electrons. The second-order valence-corrected chi connectivity index (χ2v) is 6.10. The Balaban J connectivity index is 1.82. The minimum atomic E-state index is -0.152. The molecule has 0 radical (unpaired) electrons. The lowest BCUT2D eigenvalue weighted by Crippen LogP contribution is -2.21. The van der Waals surface area contributed by atoms with Gasteiger partial charge in [0.1, 0.15) is 5.75 Å². The molecule has 0 fully saturated rings. The van der Waals surface area contributed by atoms with E-state index >= 15 is 0 Å². The molecule has 0 N–H and O–H groups in total. The molecular formula is C20H23NO3. The van der Waals surface area contributed by atoms with Crippen LogP contribution in [0.1, 0.15) is 29.9 Å². The molecule has 0 amide bonds. The molecule has 2 aromatic carbocycles. The molecular weight excluding hydrogens is 302 g/mol. The fourth-order valence-electron chi connectivity index (χ4n) is 3.33. The lowest BCUT2D eigenvalue weighted by molar-refractivity contribution is -0.140. The number of carbonyl (C=O) groups excluding carboxylic acids is 1. The predicted octanol–water partition coefficient (Wildman–Crippen LogP) is 3.75. The zero-order valence-corrected chi connectivity index (χ0v) is 14.2. The lowest BCUT2D eigenvalue weighted by atomic mass is 9.96. The highest BCUT2D eigenvalue weighted by Gasteiger charge is 2.29. The van der Waals surface area contributed by atoms with Gasteiger partial charge in [0, 0.05) is 31.1 Å². The normalized spacial score (nSPS) is 15.9. The minimum absolute atomic E-state index is 0.152. The van der Waals surface area contributed by atoms with Crippen molar-refractivity contribution in [3.63, 3.8) is 0 Å². The summed E-state index contributed by atoms with van der Waals surface area (Å²) in [6.45, 7) is 1.78. The van der Waals surface area contributed by atoms with E-state index in [0.717, 1.165) is 25.3 Å². The molecule has 0 aliphatic carbocycles. The molecule has 4 heteroatoms. The first-order valence-corrected chi connectivity index (χ1v) is 8.25. The van der Waals surface area contributed by atoms with E-state index in [4.69, 9.17) is 9.47 Å². The van der Waals surface area contributed by atoms with Gasteiger partial charge in [-0.3, -0.25) is 4.79 Å². The van der Waals surface area contributed by atoms with E-state index < -0.39 is 0 Å². The third-order valence-electron chi connectivity index (χ3n) is 4.60. The number of ether oxygens (including phenoxy) is 2. The summed E-state index contributed by atoms with van der Waals surface area (Å²) in [5.41, 5.74) is 3.77. The number of rotatable bonds is 6. The summed E-state index contributed by atoms with van der Waals surface area (Å²) in [5.74, 6) is 1.03. The van der Waals surface area contributed by atoms with Crippen molar-refractivity contribution in [3.8, 4) is 5.75 Å². The molecule has 0 saturated carbocycles. The fourth-order valence-corrected chi connectivity index (χ4v) is 3.33.